The summed E-state index contributed by atoms with van der Waals surface area (Å²) in [6, 6.07) is 1.51. The summed E-state index contributed by atoms with van der Waals surface area (Å²) in [6.07, 6.45) is 7.98. The quantitative estimate of drug-likeness (QED) is 0.799. The Morgan fingerprint density at radius 2 is 2.35 bits per heavy atom. The third kappa shape index (κ3) is 4.40. The summed E-state index contributed by atoms with van der Waals surface area (Å²) >= 11 is 0. The highest BCUT2D eigenvalue weighted by molar-refractivity contribution is 5.09. The van der Waals surface area contributed by atoms with E-state index in [9.17, 15) is 4.39 Å². The lowest BCUT2D eigenvalue weighted by Crippen LogP contribution is -2.25. The Hall–Kier alpha value is -1.00. The Balaban J connectivity index is 1.62. The predicted molar refractivity (Wildman–Crippen MR) is 64.1 cm³/mol. The molecular formula is C13H19FN2O. The van der Waals surface area contributed by atoms with Crippen LogP contribution in [-0.2, 0) is 11.3 Å². The molecule has 1 fully saturated rings. The Kier molecular flexibility index (Phi) is 4.88. The SMILES string of the molecule is Fc1cncc(CNCCC2CCCCO2)c1. The molecular weight excluding hydrogens is 219 g/mol. The first-order valence-corrected chi connectivity index (χ1v) is 6.26. The number of rotatable bonds is 5. The Morgan fingerprint density at radius 3 is 3.12 bits per heavy atom. The van der Waals surface area contributed by atoms with Gasteiger partial charge in [-0.2, -0.15) is 0 Å². The van der Waals surface area contributed by atoms with Crippen LogP contribution in [-0.4, -0.2) is 24.2 Å². The van der Waals surface area contributed by atoms with E-state index in [-0.39, 0.29) is 5.82 Å². The third-order valence-corrected chi connectivity index (χ3v) is 3.01. The molecule has 1 aliphatic heterocycles. The van der Waals surface area contributed by atoms with Crippen molar-refractivity contribution in [3.8, 4) is 0 Å². The second kappa shape index (κ2) is 6.67. The van der Waals surface area contributed by atoms with E-state index in [1.165, 1.54) is 31.5 Å². The Morgan fingerprint density at radius 1 is 1.41 bits per heavy atom. The van der Waals surface area contributed by atoms with Gasteiger partial charge in [0.05, 0.1) is 12.3 Å². The van der Waals surface area contributed by atoms with Crippen molar-refractivity contribution in [1.82, 2.24) is 10.3 Å². The van der Waals surface area contributed by atoms with E-state index in [2.05, 4.69) is 10.3 Å². The van der Waals surface area contributed by atoms with Crippen molar-refractivity contribution in [2.45, 2.75) is 38.3 Å². The number of hydrogen-bond acceptors (Lipinski definition) is 3. The Labute approximate surface area is 101 Å². The molecule has 2 heterocycles. The van der Waals surface area contributed by atoms with Crippen molar-refractivity contribution < 1.29 is 9.13 Å². The molecule has 1 atom stereocenters. The van der Waals surface area contributed by atoms with Crippen LogP contribution in [0.15, 0.2) is 18.5 Å². The van der Waals surface area contributed by atoms with Crippen molar-refractivity contribution >= 4 is 0 Å². The van der Waals surface area contributed by atoms with E-state index in [1.54, 1.807) is 6.20 Å². The van der Waals surface area contributed by atoms with E-state index >= 15 is 0 Å². The van der Waals surface area contributed by atoms with Gasteiger partial charge in [0.25, 0.3) is 0 Å². The topological polar surface area (TPSA) is 34.2 Å². The van der Waals surface area contributed by atoms with E-state index in [0.717, 1.165) is 25.1 Å². The summed E-state index contributed by atoms with van der Waals surface area (Å²) in [5.41, 5.74) is 0.884. The van der Waals surface area contributed by atoms with Gasteiger partial charge in [0.2, 0.25) is 0 Å². The highest BCUT2D eigenvalue weighted by Gasteiger charge is 2.12. The minimum atomic E-state index is -0.278. The minimum absolute atomic E-state index is 0.278. The van der Waals surface area contributed by atoms with E-state index in [0.29, 0.717) is 12.6 Å². The molecule has 1 aromatic heterocycles. The van der Waals surface area contributed by atoms with Gasteiger partial charge in [0, 0.05) is 19.3 Å². The van der Waals surface area contributed by atoms with E-state index in [4.69, 9.17) is 4.74 Å². The molecule has 17 heavy (non-hydrogen) atoms. The first-order valence-electron chi connectivity index (χ1n) is 6.26. The lowest BCUT2D eigenvalue weighted by molar-refractivity contribution is 0.0115. The van der Waals surface area contributed by atoms with Gasteiger partial charge in [-0.15, -0.1) is 0 Å². The molecule has 1 N–H and O–H groups in total. The molecule has 0 radical (unpaired) electrons. The molecule has 2 rings (SSSR count). The molecule has 3 nitrogen and oxygen atoms in total. The number of hydrogen-bond donors (Lipinski definition) is 1. The minimum Gasteiger partial charge on any atom is -0.378 e. The van der Waals surface area contributed by atoms with E-state index < -0.39 is 0 Å². The first kappa shape index (κ1) is 12.5. The molecule has 0 aromatic carbocycles. The van der Waals surface area contributed by atoms with Crippen LogP contribution in [0.4, 0.5) is 4.39 Å². The monoisotopic (exact) mass is 238 g/mol. The molecule has 4 heteroatoms. The maximum Gasteiger partial charge on any atom is 0.141 e. The smallest absolute Gasteiger partial charge is 0.141 e. The second-order valence-corrected chi connectivity index (χ2v) is 4.47. The van der Waals surface area contributed by atoms with Gasteiger partial charge >= 0.3 is 0 Å². The van der Waals surface area contributed by atoms with Crippen LogP contribution in [0.5, 0.6) is 0 Å². The lowest BCUT2D eigenvalue weighted by atomic mass is 10.1. The first-order chi connectivity index (χ1) is 8.34. The number of ether oxygens (including phenoxy) is 1. The number of aromatic nitrogens is 1. The van der Waals surface area contributed by atoms with Crippen molar-refractivity contribution in [2.75, 3.05) is 13.2 Å². The molecule has 0 aliphatic carbocycles. The summed E-state index contributed by atoms with van der Waals surface area (Å²) in [5.74, 6) is -0.278. The fourth-order valence-electron chi connectivity index (χ4n) is 2.08. The normalized spacial score (nSPS) is 20.4. The lowest BCUT2D eigenvalue weighted by Gasteiger charge is -2.22. The number of halogens is 1. The summed E-state index contributed by atoms with van der Waals surface area (Å²) in [4.78, 5) is 3.81. The number of pyridine rings is 1. The van der Waals surface area contributed by atoms with Crippen LogP contribution in [0.3, 0.4) is 0 Å². The van der Waals surface area contributed by atoms with Crippen LogP contribution in [0.1, 0.15) is 31.2 Å². The largest absolute Gasteiger partial charge is 0.378 e. The second-order valence-electron chi connectivity index (χ2n) is 4.47. The molecule has 94 valence electrons. The summed E-state index contributed by atoms with van der Waals surface area (Å²) in [6.45, 7) is 2.47. The van der Waals surface area contributed by atoms with Gasteiger partial charge in [0.15, 0.2) is 0 Å². The average Bonchev–Trinajstić information content (AvgIpc) is 2.36. The summed E-state index contributed by atoms with van der Waals surface area (Å²) < 4.78 is 18.5. The molecule has 0 amide bonds. The van der Waals surface area contributed by atoms with Gasteiger partial charge in [-0.25, -0.2) is 4.39 Å². The van der Waals surface area contributed by atoms with Crippen LogP contribution in [0, 0.1) is 5.82 Å². The molecule has 1 saturated heterocycles. The van der Waals surface area contributed by atoms with Crippen LogP contribution in [0.2, 0.25) is 0 Å². The molecule has 0 saturated carbocycles. The van der Waals surface area contributed by atoms with Crippen LogP contribution >= 0.6 is 0 Å². The standard InChI is InChI=1S/C13H19FN2O/c14-12-7-11(9-16-10-12)8-15-5-4-13-3-1-2-6-17-13/h7,9-10,13,15H,1-6,8H2. The molecule has 0 bridgehead atoms. The zero-order valence-corrected chi connectivity index (χ0v) is 9.99. The zero-order valence-electron chi connectivity index (χ0n) is 9.99. The zero-order chi connectivity index (χ0) is 11.9. The van der Waals surface area contributed by atoms with Gasteiger partial charge in [0.1, 0.15) is 5.82 Å². The Bertz CT molecular complexity index is 340. The maximum atomic E-state index is 12.9. The van der Waals surface area contributed by atoms with Crippen molar-refractivity contribution in [1.29, 1.82) is 0 Å². The van der Waals surface area contributed by atoms with Gasteiger partial charge in [-0.3, -0.25) is 4.98 Å². The third-order valence-electron chi connectivity index (χ3n) is 3.01. The summed E-state index contributed by atoms with van der Waals surface area (Å²) in [7, 11) is 0. The molecule has 1 aliphatic rings. The van der Waals surface area contributed by atoms with Crippen molar-refractivity contribution in [2.24, 2.45) is 0 Å². The van der Waals surface area contributed by atoms with E-state index in [1.807, 2.05) is 0 Å². The fraction of sp³-hybridized carbons (Fsp3) is 0.615. The summed E-state index contributed by atoms with van der Waals surface area (Å²) in [5, 5.41) is 3.29. The highest BCUT2D eigenvalue weighted by Crippen LogP contribution is 2.14. The van der Waals surface area contributed by atoms with Crippen molar-refractivity contribution in [3.05, 3.63) is 29.8 Å². The fourth-order valence-corrected chi connectivity index (χ4v) is 2.08. The molecule has 0 spiro atoms. The maximum absolute atomic E-state index is 12.9. The van der Waals surface area contributed by atoms with Gasteiger partial charge < -0.3 is 10.1 Å². The number of nitrogens with zero attached hydrogens (tertiary/aromatic N) is 1. The number of nitrogens with one attached hydrogen (secondary N) is 1. The molecule has 1 aromatic rings. The van der Waals surface area contributed by atoms with Gasteiger partial charge in [-0.1, -0.05) is 0 Å². The van der Waals surface area contributed by atoms with Crippen molar-refractivity contribution in [3.63, 3.8) is 0 Å². The van der Waals surface area contributed by atoms with Crippen LogP contribution < -0.4 is 5.32 Å². The average molecular weight is 238 g/mol. The predicted octanol–water partition coefficient (Wildman–Crippen LogP) is 2.27. The highest BCUT2D eigenvalue weighted by atomic mass is 19.1. The van der Waals surface area contributed by atoms with Crippen LogP contribution in [0.25, 0.3) is 0 Å². The van der Waals surface area contributed by atoms with Gasteiger partial charge in [-0.05, 0) is 43.9 Å². The molecule has 1 unspecified atom stereocenters.